The number of nitrogen functional groups attached to an aromatic ring is 1. The van der Waals surface area contributed by atoms with Gasteiger partial charge in [-0.3, -0.25) is 9.78 Å². The Hall–Kier alpha value is -2.56. The predicted molar refractivity (Wildman–Crippen MR) is 72.8 cm³/mol. The molecule has 98 valence electrons. The van der Waals surface area contributed by atoms with Crippen molar-refractivity contribution in [2.75, 3.05) is 12.3 Å². The van der Waals surface area contributed by atoms with Gasteiger partial charge in [-0.25, -0.2) is 0 Å². The van der Waals surface area contributed by atoms with Gasteiger partial charge in [0.15, 0.2) is 0 Å². The first-order chi connectivity index (χ1) is 9.16. The molecule has 1 aromatic carbocycles. The Morgan fingerprint density at radius 2 is 2.16 bits per heavy atom. The molecule has 0 unspecified atom stereocenters. The van der Waals surface area contributed by atoms with Crippen molar-refractivity contribution >= 4 is 11.6 Å². The number of aromatic nitrogens is 1. The topological polar surface area (TPSA) is 88.2 Å². The molecule has 2 aromatic rings. The number of rotatable bonds is 4. The second-order valence-corrected chi connectivity index (χ2v) is 4.10. The largest absolute Gasteiger partial charge is 0.507 e. The monoisotopic (exact) mass is 257 g/mol. The number of carbonyl (C=O) groups is 1. The molecule has 0 saturated heterocycles. The molecule has 1 heterocycles. The van der Waals surface area contributed by atoms with Gasteiger partial charge in [-0.05, 0) is 30.3 Å². The van der Waals surface area contributed by atoms with Gasteiger partial charge in [-0.15, -0.1) is 0 Å². The molecule has 1 amide bonds. The fraction of sp³-hybridized carbons (Fsp3) is 0.143. The maximum Gasteiger partial charge on any atom is 0.255 e. The first kappa shape index (κ1) is 12.9. The average molecular weight is 257 g/mol. The zero-order valence-corrected chi connectivity index (χ0v) is 10.3. The highest BCUT2D eigenvalue weighted by molar-refractivity contribution is 5.97. The van der Waals surface area contributed by atoms with Gasteiger partial charge in [0, 0.05) is 30.5 Å². The summed E-state index contributed by atoms with van der Waals surface area (Å²) in [6.45, 7) is 0.448. The quantitative estimate of drug-likeness (QED) is 0.569. The molecule has 0 bridgehead atoms. The van der Waals surface area contributed by atoms with E-state index >= 15 is 0 Å². The van der Waals surface area contributed by atoms with Crippen LogP contribution in [0.1, 0.15) is 16.1 Å². The number of nitrogens with zero attached hydrogens (tertiary/aromatic N) is 1. The summed E-state index contributed by atoms with van der Waals surface area (Å²) in [5.74, 6) is -0.426. The summed E-state index contributed by atoms with van der Waals surface area (Å²) in [5, 5.41) is 12.3. The minimum atomic E-state index is -0.347. The molecule has 0 aliphatic rings. The Morgan fingerprint density at radius 1 is 1.32 bits per heavy atom. The van der Waals surface area contributed by atoms with Gasteiger partial charge in [0.25, 0.3) is 5.91 Å². The minimum absolute atomic E-state index is 0.0791. The van der Waals surface area contributed by atoms with E-state index in [-0.39, 0.29) is 17.2 Å². The van der Waals surface area contributed by atoms with Crippen molar-refractivity contribution in [1.29, 1.82) is 0 Å². The van der Waals surface area contributed by atoms with Crippen molar-refractivity contribution in [1.82, 2.24) is 10.3 Å². The van der Waals surface area contributed by atoms with Crippen LogP contribution in [0.2, 0.25) is 0 Å². The Bertz CT molecular complexity index is 570. The number of anilines is 1. The van der Waals surface area contributed by atoms with Crippen molar-refractivity contribution in [2.24, 2.45) is 0 Å². The number of hydrogen-bond acceptors (Lipinski definition) is 4. The molecule has 0 atom stereocenters. The van der Waals surface area contributed by atoms with Crippen LogP contribution in [0.5, 0.6) is 5.75 Å². The van der Waals surface area contributed by atoms with Crippen LogP contribution < -0.4 is 11.1 Å². The molecule has 2 rings (SSSR count). The zero-order valence-electron chi connectivity index (χ0n) is 10.3. The Labute approximate surface area is 111 Å². The number of benzene rings is 1. The fourth-order valence-electron chi connectivity index (χ4n) is 1.68. The van der Waals surface area contributed by atoms with Crippen LogP contribution in [0, 0.1) is 0 Å². The maximum atomic E-state index is 11.9. The normalized spacial score (nSPS) is 10.1. The molecule has 0 saturated carbocycles. The van der Waals surface area contributed by atoms with E-state index in [9.17, 15) is 9.90 Å². The number of pyridine rings is 1. The molecule has 5 nitrogen and oxygen atoms in total. The number of aromatic hydroxyl groups is 1. The number of nitrogens with one attached hydrogen (secondary N) is 1. The van der Waals surface area contributed by atoms with E-state index < -0.39 is 0 Å². The van der Waals surface area contributed by atoms with E-state index in [1.54, 1.807) is 12.3 Å². The molecule has 5 heteroatoms. The van der Waals surface area contributed by atoms with Gasteiger partial charge in [-0.1, -0.05) is 6.07 Å². The third kappa shape index (κ3) is 3.45. The van der Waals surface area contributed by atoms with Crippen LogP contribution in [0.25, 0.3) is 0 Å². The van der Waals surface area contributed by atoms with Gasteiger partial charge >= 0.3 is 0 Å². The number of phenolic OH excluding ortho intramolecular Hbond substituents is 1. The molecule has 1 aromatic heterocycles. The van der Waals surface area contributed by atoms with E-state index in [1.807, 2.05) is 18.2 Å². The summed E-state index contributed by atoms with van der Waals surface area (Å²) >= 11 is 0. The number of hydrogen-bond donors (Lipinski definition) is 3. The first-order valence-corrected chi connectivity index (χ1v) is 5.93. The lowest BCUT2D eigenvalue weighted by Gasteiger charge is -2.07. The fourth-order valence-corrected chi connectivity index (χ4v) is 1.68. The standard InChI is InChI=1S/C14H15N3O2/c15-10-4-5-13(18)12(9-10)14(19)17-8-6-11-3-1-2-7-16-11/h1-5,7,9,18H,6,8,15H2,(H,17,19). The first-order valence-electron chi connectivity index (χ1n) is 5.93. The van der Waals surface area contributed by atoms with Gasteiger partial charge in [0.1, 0.15) is 5.75 Å². The highest BCUT2D eigenvalue weighted by Gasteiger charge is 2.10. The number of phenols is 1. The van der Waals surface area contributed by atoms with Gasteiger partial charge < -0.3 is 16.2 Å². The van der Waals surface area contributed by atoms with E-state index in [0.29, 0.717) is 18.7 Å². The smallest absolute Gasteiger partial charge is 0.255 e. The molecular formula is C14H15N3O2. The zero-order chi connectivity index (χ0) is 13.7. The molecule has 4 N–H and O–H groups in total. The second kappa shape index (κ2) is 5.86. The summed E-state index contributed by atoms with van der Waals surface area (Å²) < 4.78 is 0. The third-order valence-electron chi connectivity index (χ3n) is 2.66. The molecular weight excluding hydrogens is 242 g/mol. The Morgan fingerprint density at radius 3 is 2.89 bits per heavy atom. The van der Waals surface area contributed by atoms with Crippen LogP contribution in [-0.4, -0.2) is 22.5 Å². The van der Waals surface area contributed by atoms with E-state index in [2.05, 4.69) is 10.3 Å². The molecule has 19 heavy (non-hydrogen) atoms. The highest BCUT2D eigenvalue weighted by Crippen LogP contribution is 2.19. The van der Waals surface area contributed by atoms with Crippen molar-refractivity contribution in [3.8, 4) is 5.75 Å². The molecule has 0 aliphatic heterocycles. The maximum absolute atomic E-state index is 11.9. The summed E-state index contributed by atoms with van der Waals surface area (Å²) in [4.78, 5) is 16.0. The van der Waals surface area contributed by atoms with Crippen LogP contribution in [0.4, 0.5) is 5.69 Å². The highest BCUT2D eigenvalue weighted by atomic mass is 16.3. The van der Waals surface area contributed by atoms with Crippen molar-refractivity contribution < 1.29 is 9.90 Å². The van der Waals surface area contributed by atoms with Crippen LogP contribution >= 0.6 is 0 Å². The second-order valence-electron chi connectivity index (χ2n) is 4.10. The van der Waals surface area contributed by atoms with Gasteiger partial charge in [-0.2, -0.15) is 0 Å². The lowest BCUT2D eigenvalue weighted by molar-refractivity contribution is 0.0951. The van der Waals surface area contributed by atoms with Gasteiger partial charge in [0.05, 0.1) is 5.56 Å². The Kier molecular flexibility index (Phi) is 3.97. The average Bonchev–Trinajstić information content (AvgIpc) is 2.42. The lowest BCUT2D eigenvalue weighted by atomic mass is 10.1. The summed E-state index contributed by atoms with van der Waals surface area (Å²) in [7, 11) is 0. The molecule has 0 radical (unpaired) electrons. The van der Waals surface area contributed by atoms with E-state index in [1.165, 1.54) is 12.1 Å². The number of nitrogens with two attached hydrogens (primary N) is 1. The number of carbonyl (C=O) groups excluding carboxylic acids is 1. The number of amides is 1. The van der Waals surface area contributed by atoms with Crippen LogP contribution in [-0.2, 0) is 6.42 Å². The van der Waals surface area contributed by atoms with E-state index in [0.717, 1.165) is 5.69 Å². The summed E-state index contributed by atoms with van der Waals surface area (Å²) in [5.41, 5.74) is 7.11. The van der Waals surface area contributed by atoms with Crippen molar-refractivity contribution in [3.05, 3.63) is 53.9 Å². The van der Waals surface area contributed by atoms with Gasteiger partial charge in [0.2, 0.25) is 0 Å². The molecule has 0 spiro atoms. The van der Waals surface area contributed by atoms with Crippen LogP contribution in [0.3, 0.4) is 0 Å². The van der Waals surface area contributed by atoms with Crippen molar-refractivity contribution in [2.45, 2.75) is 6.42 Å². The Balaban J connectivity index is 1.93. The van der Waals surface area contributed by atoms with Crippen LogP contribution in [0.15, 0.2) is 42.6 Å². The molecule has 0 aliphatic carbocycles. The third-order valence-corrected chi connectivity index (χ3v) is 2.66. The minimum Gasteiger partial charge on any atom is -0.507 e. The molecule has 0 fully saturated rings. The SMILES string of the molecule is Nc1ccc(O)c(C(=O)NCCc2ccccn2)c1. The summed E-state index contributed by atoms with van der Waals surface area (Å²) in [6, 6.07) is 10.0. The predicted octanol–water partition coefficient (Wildman–Crippen LogP) is 1.34. The summed E-state index contributed by atoms with van der Waals surface area (Å²) in [6.07, 6.45) is 2.34. The lowest BCUT2D eigenvalue weighted by Crippen LogP contribution is -2.26. The van der Waals surface area contributed by atoms with E-state index in [4.69, 9.17) is 5.73 Å². The van der Waals surface area contributed by atoms with Crippen molar-refractivity contribution in [3.63, 3.8) is 0 Å².